The van der Waals surface area contributed by atoms with Gasteiger partial charge in [0.05, 0.1) is 6.26 Å². The number of aromatic nitrogens is 2. The first-order chi connectivity index (χ1) is 6.45. The van der Waals surface area contributed by atoms with Gasteiger partial charge in [-0.2, -0.15) is 5.10 Å². The van der Waals surface area contributed by atoms with E-state index in [0.717, 1.165) is 5.76 Å². The summed E-state index contributed by atoms with van der Waals surface area (Å²) in [6.45, 7) is 0.381. The van der Waals surface area contributed by atoms with Crippen molar-refractivity contribution in [2.75, 3.05) is 0 Å². The molecule has 0 aliphatic carbocycles. The molecule has 0 radical (unpaired) electrons. The predicted molar refractivity (Wildman–Crippen MR) is 45.1 cm³/mol. The van der Waals surface area contributed by atoms with Crippen LogP contribution in [0.25, 0.3) is 0 Å². The number of nitrogens with zero attached hydrogens (tertiary/aromatic N) is 2. The van der Waals surface area contributed by atoms with Crippen LogP contribution in [0.15, 0.2) is 41.1 Å². The molecule has 0 fully saturated rings. The summed E-state index contributed by atoms with van der Waals surface area (Å²) in [5.41, 5.74) is 0. The Bertz CT molecular complexity index is 345. The van der Waals surface area contributed by atoms with E-state index in [4.69, 9.17) is 9.15 Å². The van der Waals surface area contributed by atoms with Gasteiger partial charge in [0.25, 0.3) is 0 Å². The molecule has 0 aliphatic rings. The van der Waals surface area contributed by atoms with E-state index in [1.54, 1.807) is 24.6 Å². The molecule has 0 amide bonds. The molecular formula is C9H8N2O2. The van der Waals surface area contributed by atoms with Gasteiger partial charge in [0.15, 0.2) is 0 Å². The molecule has 0 saturated carbocycles. The molecule has 0 aromatic carbocycles. The largest absolute Gasteiger partial charge is 0.468 e. The summed E-state index contributed by atoms with van der Waals surface area (Å²) in [5.74, 6) is 1.27. The summed E-state index contributed by atoms with van der Waals surface area (Å²) in [7, 11) is 0. The van der Waals surface area contributed by atoms with Crippen LogP contribution in [0.1, 0.15) is 5.76 Å². The standard InChI is InChI=1S/C9H8N2O2/c1-4-9(11-10-5-1)13-7-8-3-2-6-12-8/h1-6H,7H2. The molecule has 0 saturated heterocycles. The second-order valence-electron chi connectivity index (χ2n) is 2.43. The van der Waals surface area contributed by atoms with Crippen LogP contribution in [0, 0.1) is 0 Å². The van der Waals surface area contributed by atoms with Crippen molar-refractivity contribution in [3.05, 3.63) is 42.5 Å². The van der Waals surface area contributed by atoms with E-state index in [1.807, 2.05) is 12.1 Å². The Morgan fingerprint density at radius 1 is 1.31 bits per heavy atom. The molecule has 2 aromatic heterocycles. The van der Waals surface area contributed by atoms with Gasteiger partial charge in [0, 0.05) is 12.3 Å². The van der Waals surface area contributed by atoms with Crippen molar-refractivity contribution in [3.8, 4) is 5.88 Å². The van der Waals surface area contributed by atoms with Crippen molar-refractivity contribution in [3.63, 3.8) is 0 Å². The SMILES string of the molecule is c1cnnc(OCc2ccco2)c1. The Morgan fingerprint density at radius 2 is 2.31 bits per heavy atom. The average molecular weight is 176 g/mol. The van der Waals surface area contributed by atoms with Gasteiger partial charge in [-0.15, -0.1) is 5.10 Å². The normalized spacial score (nSPS) is 9.85. The van der Waals surface area contributed by atoms with Crippen molar-refractivity contribution in [2.24, 2.45) is 0 Å². The molecule has 0 unspecified atom stereocenters. The smallest absolute Gasteiger partial charge is 0.233 e. The molecule has 0 spiro atoms. The van der Waals surface area contributed by atoms with Crippen LogP contribution in [-0.4, -0.2) is 10.2 Å². The maximum Gasteiger partial charge on any atom is 0.233 e. The molecule has 0 N–H and O–H groups in total. The lowest BCUT2D eigenvalue weighted by molar-refractivity contribution is 0.258. The Balaban J connectivity index is 1.94. The third-order valence-electron chi connectivity index (χ3n) is 1.49. The zero-order valence-corrected chi connectivity index (χ0v) is 6.88. The van der Waals surface area contributed by atoms with E-state index in [-0.39, 0.29) is 0 Å². The van der Waals surface area contributed by atoms with Crippen LogP contribution >= 0.6 is 0 Å². The van der Waals surface area contributed by atoms with Crippen molar-refractivity contribution >= 4 is 0 Å². The first kappa shape index (κ1) is 7.79. The van der Waals surface area contributed by atoms with Gasteiger partial charge in [-0.05, 0) is 18.2 Å². The lowest BCUT2D eigenvalue weighted by Crippen LogP contribution is -1.96. The van der Waals surface area contributed by atoms with Gasteiger partial charge in [0.2, 0.25) is 5.88 Å². The van der Waals surface area contributed by atoms with Crippen LogP contribution in [-0.2, 0) is 6.61 Å². The second-order valence-corrected chi connectivity index (χ2v) is 2.43. The first-order valence-corrected chi connectivity index (χ1v) is 3.88. The van der Waals surface area contributed by atoms with Gasteiger partial charge in [0.1, 0.15) is 12.4 Å². The molecule has 0 atom stereocenters. The van der Waals surface area contributed by atoms with Gasteiger partial charge in [-0.1, -0.05) is 0 Å². The highest BCUT2D eigenvalue weighted by Gasteiger charge is 1.97. The maximum absolute atomic E-state index is 5.28. The fourth-order valence-corrected chi connectivity index (χ4v) is 0.904. The Labute approximate surface area is 75.2 Å². The van der Waals surface area contributed by atoms with Gasteiger partial charge in [-0.25, -0.2) is 0 Å². The van der Waals surface area contributed by atoms with E-state index in [2.05, 4.69) is 10.2 Å². The minimum Gasteiger partial charge on any atom is -0.468 e. The number of furan rings is 1. The summed E-state index contributed by atoms with van der Waals surface area (Å²) in [6.07, 6.45) is 3.20. The lowest BCUT2D eigenvalue weighted by Gasteiger charge is -2.00. The van der Waals surface area contributed by atoms with Gasteiger partial charge >= 0.3 is 0 Å². The fourth-order valence-electron chi connectivity index (χ4n) is 0.904. The minimum atomic E-state index is 0.381. The molecule has 13 heavy (non-hydrogen) atoms. The predicted octanol–water partition coefficient (Wildman–Crippen LogP) is 1.65. The summed E-state index contributed by atoms with van der Waals surface area (Å²) in [4.78, 5) is 0. The minimum absolute atomic E-state index is 0.381. The highest BCUT2D eigenvalue weighted by molar-refractivity contribution is 5.06. The van der Waals surface area contributed by atoms with Crippen LogP contribution in [0.4, 0.5) is 0 Å². The Kier molecular flexibility index (Phi) is 2.22. The summed E-state index contributed by atoms with van der Waals surface area (Å²) in [5, 5.41) is 7.44. The monoisotopic (exact) mass is 176 g/mol. The molecule has 2 aromatic rings. The Morgan fingerprint density at radius 3 is 3.00 bits per heavy atom. The van der Waals surface area contributed by atoms with Gasteiger partial charge < -0.3 is 9.15 Å². The highest BCUT2D eigenvalue weighted by Crippen LogP contribution is 2.06. The van der Waals surface area contributed by atoms with Crippen molar-refractivity contribution < 1.29 is 9.15 Å². The summed E-state index contributed by atoms with van der Waals surface area (Å²) < 4.78 is 10.4. The van der Waals surface area contributed by atoms with Crippen LogP contribution in [0.3, 0.4) is 0 Å². The summed E-state index contributed by atoms with van der Waals surface area (Å²) >= 11 is 0. The quantitative estimate of drug-likeness (QED) is 0.713. The molecule has 2 rings (SSSR count). The first-order valence-electron chi connectivity index (χ1n) is 3.88. The number of rotatable bonds is 3. The third-order valence-corrected chi connectivity index (χ3v) is 1.49. The highest BCUT2D eigenvalue weighted by atomic mass is 16.5. The van der Waals surface area contributed by atoms with E-state index in [1.165, 1.54) is 0 Å². The van der Waals surface area contributed by atoms with E-state index in [9.17, 15) is 0 Å². The number of ether oxygens (including phenoxy) is 1. The number of hydrogen-bond acceptors (Lipinski definition) is 4. The molecular weight excluding hydrogens is 168 g/mol. The van der Waals surface area contributed by atoms with E-state index in [0.29, 0.717) is 12.5 Å². The zero-order valence-electron chi connectivity index (χ0n) is 6.88. The van der Waals surface area contributed by atoms with Gasteiger partial charge in [-0.3, -0.25) is 0 Å². The van der Waals surface area contributed by atoms with Crippen molar-refractivity contribution in [1.29, 1.82) is 0 Å². The topological polar surface area (TPSA) is 48.2 Å². The third kappa shape index (κ3) is 2.05. The zero-order chi connectivity index (χ0) is 8.93. The average Bonchev–Trinajstić information content (AvgIpc) is 2.69. The molecule has 0 bridgehead atoms. The van der Waals surface area contributed by atoms with Crippen molar-refractivity contribution in [2.45, 2.75) is 6.61 Å². The van der Waals surface area contributed by atoms with Crippen molar-refractivity contribution in [1.82, 2.24) is 10.2 Å². The maximum atomic E-state index is 5.28. The summed E-state index contributed by atoms with van der Waals surface area (Å²) in [6, 6.07) is 7.17. The fraction of sp³-hybridized carbons (Fsp3) is 0.111. The Hall–Kier alpha value is -1.84. The molecule has 4 heteroatoms. The van der Waals surface area contributed by atoms with E-state index >= 15 is 0 Å². The van der Waals surface area contributed by atoms with Crippen LogP contribution in [0.5, 0.6) is 5.88 Å². The molecule has 0 aliphatic heterocycles. The number of hydrogen-bond donors (Lipinski definition) is 0. The van der Waals surface area contributed by atoms with Crippen LogP contribution in [0.2, 0.25) is 0 Å². The molecule has 2 heterocycles. The second kappa shape index (κ2) is 3.71. The molecule has 66 valence electrons. The molecule has 4 nitrogen and oxygen atoms in total. The van der Waals surface area contributed by atoms with Crippen LogP contribution < -0.4 is 4.74 Å². The van der Waals surface area contributed by atoms with E-state index < -0.39 is 0 Å². The lowest BCUT2D eigenvalue weighted by atomic mass is 10.5.